The molecule has 0 N–H and O–H groups in total. The van der Waals surface area contributed by atoms with Gasteiger partial charge in [0.15, 0.2) is 4.34 Å². The number of hydrogen-bond acceptors (Lipinski definition) is 3. The second-order valence-electron chi connectivity index (χ2n) is 2.04. The van der Waals surface area contributed by atoms with Crippen molar-refractivity contribution in [3.63, 3.8) is 0 Å². The maximum atomic E-state index is 8.70. The molecule has 2 radical (unpaired) electrons. The first-order valence-electron chi connectivity index (χ1n) is 3.07. The fourth-order valence-electron chi connectivity index (χ4n) is 0.890. The Balaban J connectivity index is 2.69. The lowest BCUT2D eigenvalue weighted by atomic mass is 10.3. The maximum absolute atomic E-state index is 8.70. The zero-order chi connectivity index (χ0) is 7.68. The number of benzene rings is 1. The zero-order valence-corrected chi connectivity index (χ0v) is 7.15. The molecule has 0 amide bonds. The Bertz CT molecular complexity index is 336. The highest BCUT2D eigenvalue weighted by atomic mass is 32.2. The number of nitrogens with zero attached hydrogens (tertiary/aromatic N) is 2. The molecule has 0 spiro atoms. The van der Waals surface area contributed by atoms with E-state index in [1.165, 1.54) is 11.3 Å². The largest absolute Gasteiger partial charge is 0.228 e. The lowest BCUT2D eigenvalue weighted by Crippen LogP contribution is -1.66. The van der Waals surface area contributed by atoms with E-state index in [0.29, 0.717) is 16.3 Å². The number of fused-ring (bicyclic) bond motifs is 1. The van der Waals surface area contributed by atoms with Gasteiger partial charge in [0.05, 0.1) is 10.2 Å². The van der Waals surface area contributed by atoms with Crippen LogP contribution in [-0.2, 0) is 0 Å². The van der Waals surface area contributed by atoms with Crippen LogP contribution in [0.1, 0.15) is 0 Å². The number of thiazole rings is 1. The number of rotatable bonds is 1. The summed E-state index contributed by atoms with van der Waals surface area (Å²) in [7, 11) is 0. The van der Waals surface area contributed by atoms with Gasteiger partial charge in [0, 0.05) is 11.9 Å². The molecular weight excluding hydrogens is 176 g/mol. The summed E-state index contributed by atoms with van der Waals surface area (Å²) in [4.78, 5) is 4.16. The fraction of sp³-hybridized carbons (Fsp3) is 0. The molecule has 2 rings (SSSR count). The number of aromatic nitrogens is 1. The van der Waals surface area contributed by atoms with Gasteiger partial charge in [-0.2, -0.15) is 0 Å². The monoisotopic (exact) mass is 180 g/mol. The van der Waals surface area contributed by atoms with E-state index < -0.39 is 0 Å². The Morgan fingerprint density at radius 3 is 2.91 bits per heavy atom. The topological polar surface area (TPSA) is 35.2 Å². The van der Waals surface area contributed by atoms with Gasteiger partial charge in [-0.25, -0.2) is 4.98 Å². The van der Waals surface area contributed by atoms with Crippen LogP contribution in [0.25, 0.3) is 10.2 Å². The predicted octanol–water partition coefficient (Wildman–Crippen LogP) is 2.37. The highest BCUT2D eigenvalue weighted by Crippen LogP contribution is 2.26. The molecule has 4 heteroatoms. The van der Waals surface area contributed by atoms with Crippen LogP contribution >= 0.6 is 23.3 Å². The molecule has 0 aliphatic rings. The van der Waals surface area contributed by atoms with Crippen molar-refractivity contribution in [2.45, 2.75) is 4.34 Å². The van der Waals surface area contributed by atoms with Crippen LogP contribution < -0.4 is 5.14 Å². The Labute approximate surface area is 72.6 Å². The molecule has 0 aliphatic carbocycles. The minimum Gasteiger partial charge on any atom is -0.228 e. The number of hydrogen-bond donors (Lipinski definition) is 0. The molecule has 0 atom stereocenters. The summed E-state index contributed by atoms with van der Waals surface area (Å²) in [6.45, 7) is 0. The van der Waals surface area contributed by atoms with Crippen LogP contribution in [0.4, 0.5) is 0 Å². The van der Waals surface area contributed by atoms with Gasteiger partial charge in [0.25, 0.3) is 0 Å². The van der Waals surface area contributed by atoms with Crippen LogP contribution in [0.2, 0.25) is 0 Å². The molecule has 0 fully saturated rings. The van der Waals surface area contributed by atoms with E-state index in [1.54, 1.807) is 0 Å². The third kappa shape index (κ3) is 1.24. The second-order valence-corrected chi connectivity index (χ2v) is 3.90. The zero-order valence-electron chi connectivity index (χ0n) is 5.52. The Morgan fingerprint density at radius 2 is 2.18 bits per heavy atom. The standard InChI is InChI=1S/C7H4N2S2/c8-11-7-9-5-3-1-2-4-6(5)10-7/h1-4H. The highest BCUT2D eigenvalue weighted by Gasteiger charge is 2.00. The van der Waals surface area contributed by atoms with Gasteiger partial charge in [-0.3, -0.25) is 0 Å². The van der Waals surface area contributed by atoms with Crippen LogP contribution in [-0.4, -0.2) is 4.98 Å². The first-order chi connectivity index (χ1) is 5.40. The summed E-state index contributed by atoms with van der Waals surface area (Å²) in [6.07, 6.45) is 0. The van der Waals surface area contributed by atoms with Gasteiger partial charge in [0.1, 0.15) is 0 Å². The Morgan fingerprint density at radius 1 is 1.36 bits per heavy atom. The molecule has 0 saturated heterocycles. The van der Waals surface area contributed by atoms with E-state index in [2.05, 4.69) is 4.98 Å². The first kappa shape index (κ1) is 7.09. The van der Waals surface area contributed by atoms with Crippen molar-refractivity contribution in [3.05, 3.63) is 24.3 Å². The van der Waals surface area contributed by atoms with Crippen molar-refractivity contribution in [3.8, 4) is 0 Å². The fourth-order valence-corrected chi connectivity index (χ4v) is 2.14. The molecule has 11 heavy (non-hydrogen) atoms. The summed E-state index contributed by atoms with van der Waals surface area (Å²) in [6, 6.07) is 7.83. The molecule has 2 nitrogen and oxygen atoms in total. The summed E-state index contributed by atoms with van der Waals surface area (Å²) < 4.78 is 1.82. The summed E-state index contributed by atoms with van der Waals surface area (Å²) in [5.41, 5.74) is 0.953. The van der Waals surface area contributed by atoms with Crippen molar-refractivity contribution in [2.75, 3.05) is 0 Å². The molecule has 54 valence electrons. The van der Waals surface area contributed by atoms with E-state index in [0.717, 1.165) is 10.2 Å². The highest BCUT2D eigenvalue weighted by molar-refractivity contribution is 7.98. The normalized spacial score (nSPS) is 10.6. The molecule has 1 aromatic heterocycles. The smallest absolute Gasteiger partial charge is 0.169 e. The van der Waals surface area contributed by atoms with Crippen molar-refractivity contribution in [2.24, 2.45) is 0 Å². The Kier molecular flexibility index (Phi) is 1.81. The summed E-state index contributed by atoms with van der Waals surface area (Å²) in [5.74, 6) is 0. The van der Waals surface area contributed by atoms with Crippen molar-refractivity contribution in [1.82, 2.24) is 10.1 Å². The van der Waals surface area contributed by atoms with Gasteiger partial charge >= 0.3 is 0 Å². The Hall–Kier alpha value is -0.580. The van der Waals surface area contributed by atoms with Gasteiger partial charge in [-0.05, 0) is 12.1 Å². The van der Waals surface area contributed by atoms with Gasteiger partial charge in [-0.1, -0.05) is 17.3 Å². The van der Waals surface area contributed by atoms with Crippen LogP contribution in [0.15, 0.2) is 28.6 Å². The van der Waals surface area contributed by atoms with Crippen molar-refractivity contribution in [1.29, 1.82) is 0 Å². The van der Waals surface area contributed by atoms with Crippen LogP contribution in [0.5, 0.6) is 0 Å². The minimum atomic E-state index is 0.700. The van der Waals surface area contributed by atoms with Gasteiger partial charge in [0.2, 0.25) is 0 Å². The third-order valence-corrected chi connectivity index (χ3v) is 2.90. The van der Waals surface area contributed by atoms with Gasteiger partial charge < -0.3 is 0 Å². The molecule has 1 aromatic carbocycles. The van der Waals surface area contributed by atoms with Crippen LogP contribution in [0, 0.1) is 0 Å². The van der Waals surface area contributed by atoms with Crippen molar-refractivity contribution >= 4 is 33.5 Å². The summed E-state index contributed by atoms with van der Waals surface area (Å²) in [5, 5.41) is 8.70. The lowest BCUT2D eigenvalue weighted by molar-refractivity contribution is 1.30. The van der Waals surface area contributed by atoms with E-state index in [1.807, 2.05) is 24.3 Å². The average Bonchev–Trinajstić information content (AvgIpc) is 2.46. The van der Waals surface area contributed by atoms with E-state index >= 15 is 0 Å². The predicted molar refractivity (Wildman–Crippen MR) is 47.6 cm³/mol. The molecule has 0 unspecified atom stereocenters. The molecule has 1 heterocycles. The number of para-hydroxylation sites is 1. The molecule has 0 bridgehead atoms. The lowest BCUT2D eigenvalue weighted by Gasteiger charge is -1.80. The van der Waals surface area contributed by atoms with E-state index in [9.17, 15) is 0 Å². The molecule has 2 aromatic rings. The van der Waals surface area contributed by atoms with Crippen LogP contribution in [0.3, 0.4) is 0 Å². The summed E-state index contributed by atoms with van der Waals surface area (Å²) >= 11 is 2.20. The molecular formula is C7H4N2S2. The van der Waals surface area contributed by atoms with E-state index in [4.69, 9.17) is 5.14 Å². The minimum absolute atomic E-state index is 0.700. The molecule has 0 aliphatic heterocycles. The quantitative estimate of drug-likeness (QED) is 0.631. The van der Waals surface area contributed by atoms with E-state index in [-0.39, 0.29) is 0 Å². The maximum Gasteiger partial charge on any atom is 0.169 e. The SMILES string of the molecule is [N]Sc1nc2ccccc2s1. The molecule has 0 saturated carbocycles. The van der Waals surface area contributed by atoms with Crippen molar-refractivity contribution < 1.29 is 0 Å². The second kappa shape index (κ2) is 2.81. The van der Waals surface area contributed by atoms with Gasteiger partial charge in [-0.15, -0.1) is 11.3 Å². The third-order valence-electron chi connectivity index (χ3n) is 1.35. The average molecular weight is 180 g/mol. The first-order valence-corrected chi connectivity index (χ1v) is 4.66.